The molecule has 0 spiro atoms. The van der Waals surface area contributed by atoms with Gasteiger partial charge in [-0.3, -0.25) is 20.2 Å². The molecule has 0 bridgehead atoms. The number of fused-ring (bicyclic) bond motifs is 3. The van der Waals surface area contributed by atoms with Crippen molar-refractivity contribution in [2.75, 3.05) is 12.4 Å². The van der Waals surface area contributed by atoms with E-state index in [-0.39, 0.29) is 11.3 Å². The van der Waals surface area contributed by atoms with Crippen LogP contribution in [-0.2, 0) is 12.8 Å². The number of carbonyl (C=O) groups excluding carboxylic acids is 1. The summed E-state index contributed by atoms with van der Waals surface area (Å²) in [4.78, 5) is 28.6. The van der Waals surface area contributed by atoms with Crippen LogP contribution in [0.15, 0.2) is 36.4 Å². The third-order valence-corrected chi connectivity index (χ3v) is 5.76. The van der Waals surface area contributed by atoms with Gasteiger partial charge in [0.15, 0.2) is 5.13 Å². The molecule has 2 aromatic carbocycles. The number of hydrogen-bond donors (Lipinski definition) is 1. The maximum absolute atomic E-state index is 12.5. The van der Waals surface area contributed by atoms with Crippen LogP contribution in [-0.4, -0.2) is 22.9 Å². The summed E-state index contributed by atoms with van der Waals surface area (Å²) in [6.07, 6.45) is 1.73. The third-order valence-electron chi connectivity index (χ3n) is 4.73. The van der Waals surface area contributed by atoms with E-state index in [9.17, 15) is 14.9 Å². The lowest BCUT2D eigenvalue weighted by molar-refractivity contribution is -0.384. The fourth-order valence-electron chi connectivity index (χ4n) is 3.34. The number of hydrogen-bond acceptors (Lipinski definition) is 6. The van der Waals surface area contributed by atoms with E-state index in [1.54, 1.807) is 13.2 Å². The maximum Gasteiger partial charge on any atom is 0.270 e. The molecule has 0 fully saturated rings. The summed E-state index contributed by atoms with van der Waals surface area (Å²) in [7, 11) is 1.66. The van der Waals surface area contributed by atoms with Crippen molar-refractivity contribution in [3.05, 3.63) is 68.1 Å². The van der Waals surface area contributed by atoms with Crippen LogP contribution in [0, 0.1) is 17.0 Å². The minimum atomic E-state index is -0.521. The Labute approximate surface area is 165 Å². The molecule has 0 unspecified atom stereocenters. The highest BCUT2D eigenvalue weighted by atomic mass is 32.1. The van der Waals surface area contributed by atoms with Crippen molar-refractivity contribution >= 4 is 28.1 Å². The quantitative estimate of drug-likeness (QED) is 0.522. The molecule has 142 valence electrons. The molecule has 1 amide bonds. The van der Waals surface area contributed by atoms with Crippen LogP contribution in [0.4, 0.5) is 10.8 Å². The third kappa shape index (κ3) is 3.22. The standard InChI is InChI=1S/C20H17N3O4S/c1-11-8-15-12(10-16(11)27-2)6-7-17-18(15)21-20(28-17)22-19(24)13-4-3-5-14(9-13)23(25)26/h3-5,8-10H,6-7H2,1-2H3,(H,21,22,24). The molecule has 0 aliphatic heterocycles. The summed E-state index contributed by atoms with van der Waals surface area (Å²) in [5, 5.41) is 14.2. The van der Waals surface area contributed by atoms with Crippen molar-refractivity contribution in [2.24, 2.45) is 0 Å². The zero-order chi connectivity index (χ0) is 19.8. The van der Waals surface area contributed by atoms with Crippen molar-refractivity contribution in [3.63, 3.8) is 0 Å². The van der Waals surface area contributed by atoms with Crippen LogP contribution in [0.25, 0.3) is 11.3 Å². The smallest absolute Gasteiger partial charge is 0.270 e. The summed E-state index contributed by atoms with van der Waals surface area (Å²) >= 11 is 1.44. The molecule has 8 heteroatoms. The van der Waals surface area contributed by atoms with Gasteiger partial charge < -0.3 is 4.74 Å². The number of amides is 1. The van der Waals surface area contributed by atoms with Gasteiger partial charge in [-0.1, -0.05) is 6.07 Å². The predicted molar refractivity (Wildman–Crippen MR) is 107 cm³/mol. The fraction of sp³-hybridized carbons (Fsp3) is 0.200. The number of nitro groups is 1. The van der Waals surface area contributed by atoms with E-state index < -0.39 is 10.8 Å². The molecule has 1 N–H and O–H groups in total. The number of non-ortho nitro benzene ring substituents is 1. The van der Waals surface area contributed by atoms with Gasteiger partial charge in [-0.2, -0.15) is 0 Å². The Hall–Kier alpha value is -3.26. The number of rotatable bonds is 4. The molecule has 4 rings (SSSR count). The largest absolute Gasteiger partial charge is 0.496 e. The second-order valence-electron chi connectivity index (χ2n) is 6.53. The fourth-order valence-corrected chi connectivity index (χ4v) is 4.31. The van der Waals surface area contributed by atoms with Crippen LogP contribution in [0.5, 0.6) is 5.75 Å². The van der Waals surface area contributed by atoms with Crippen molar-refractivity contribution < 1.29 is 14.5 Å². The second kappa shape index (κ2) is 7.05. The summed E-state index contributed by atoms with van der Waals surface area (Å²) in [6, 6.07) is 9.76. The highest BCUT2D eigenvalue weighted by molar-refractivity contribution is 7.16. The van der Waals surface area contributed by atoms with E-state index in [1.165, 1.54) is 35.1 Å². The number of thiazole rings is 1. The molecule has 0 saturated heterocycles. The van der Waals surface area contributed by atoms with Gasteiger partial charge in [0.1, 0.15) is 5.75 Å². The Morgan fingerprint density at radius 1 is 1.29 bits per heavy atom. The zero-order valence-corrected chi connectivity index (χ0v) is 16.1. The highest BCUT2D eigenvalue weighted by Crippen LogP contribution is 2.40. The Morgan fingerprint density at radius 2 is 2.11 bits per heavy atom. The lowest BCUT2D eigenvalue weighted by atomic mass is 9.91. The SMILES string of the molecule is COc1cc2c(cc1C)-c1nc(NC(=O)c3cccc([N+](=O)[O-])c3)sc1CC2. The van der Waals surface area contributed by atoms with Gasteiger partial charge in [0.05, 0.1) is 17.7 Å². The minimum Gasteiger partial charge on any atom is -0.496 e. The van der Waals surface area contributed by atoms with E-state index in [2.05, 4.69) is 16.4 Å². The van der Waals surface area contributed by atoms with Crippen LogP contribution in [0.2, 0.25) is 0 Å². The Kier molecular flexibility index (Phi) is 4.56. The van der Waals surface area contributed by atoms with E-state index >= 15 is 0 Å². The monoisotopic (exact) mass is 395 g/mol. The number of ether oxygens (including phenoxy) is 1. The van der Waals surface area contributed by atoms with Crippen molar-refractivity contribution in [3.8, 4) is 17.0 Å². The number of carbonyl (C=O) groups is 1. The number of nitrogens with one attached hydrogen (secondary N) is 1. The van der Waals surface area contributed by atoms with Gasteiger partial charge in [-0.05, 0) is 49.1 Å². The van der Waals surface area contributed by atoms with Crippen molar-refractivity contribution in [1.82, 2.24) is 4.98 Å². The minimum absolute atomic E-state index is 0.121. The van der Waals surface area contributed by atoms with Crippen LogP contribution >= 0.6 is 11.3 Å². The molecular formula is C20H17N3O4S. The molecule has 1 aliphatic rings. The first-order valence-electron chi connectivity index (χ1n) is 8.69. The predicted octanol–water partition coefficient (Wildman–Crippen LogP) is 4.39. The lowest BCUT2D eigenvalue weighted by Gasteiger charge is -2.17. The van der Waals surface area contributed by atoms with Gasteiger partial charge in [0.25, 0.3) is 11.6 Å². The lowest BCUT2D eigenvalue weighted by Crippen LogP contribution is -2.11. The molecule has 1 aliphatic carbocycles. The van der Waals surface area contributed by atoms with E-state index in [4.69, 9.17) is 4.74 Å². The average Bonchev–Trinajstić information content (AvgIpc) is 3.10. The molecule has 0 radical (unpaired) electrons. The van der Waals surface area contributed by atoms with Crippen molar-refractivity contribution in [2.45, 2.75) is 19.8 Å². The summed E-state index contributed by atoms with van der Waals surface area (Å²) in [5.41, 5.74) is 4.26. The molecule has 1 heterocycles. The first-order chi connectivity index (χ1) is 13.5. The zero-order valence-electron chi connectivity index (χ0n) is 15.3. The summed E-state index contributed by atoms with van der Waals surface area (Å²) in [5.74, 6) is 0.442. The number of methoxy groups -OCH3 is 1. The molecule has 7 nitrogen and oxygen atoms in total. The number of nitro benzene ring substituents is 1. The van der Waals surface area contributed by atoms with Gasteiger partial charge >= 0.3 is 0 Å². The van der Waals surface area contributed by atoms with Gasteiger partial charge in [-0.25, -0.2) is 4.98 Å². The van der Waals surface area contributed by atoms with E-state index in [0.717, 1.165) is 40.3 Å². The van der Waals surface area contributed by atoms with E-state index in [1.807, 2.05) is 13.0 Å². The molecule has 1 aromatic heterocycles. The second-order valence-corrected chi connectivity index (χ2v) is 7.61. The molecule has 0 atom stereocenters. The summed E-state index contributed by atoms with van der Waals surface area (Å²) < 4.78 is 5.41. The normalized spacial score (nSPS) is 12.1. The molecular weight excluding hydrogens is 378 g/mol. The first kappa shape index (κ1) is 18.1. The Balaban J connectivity index is 1.63. The Morgan fingerprint density at radius 3 is 2.86 bits per heavy atom. The molecule has 0 saturated carbocycles. The molecule has 28 heavy (non-hydrogen) atoms. The van der Waals surface area contributed by atoms with Crippen molar-refractivity contribution in [1.29, 1.82) is 0 Å². The van der Waals surface area contributed by atoms with Gasteiger partial charge in [0, 0.05) is 28.1 Å². The van der Waals surface area contributed by atoms with Crippen LogP contribution in [0.1, 0.15) is 26.4 Å². The van der Waals surface area contributed by atoms with Crippen LogP contribution in [0.3, 0.4) is 0 Å². The Bertz CT molecular complexity index is 1110. The number of benzene rings is 2. The first-order valence-corrected chi connectivity index (χ1v) is 9.51. The maximum atomic E-state index is 12.5. The topological polar surface area (TPSA) is 94.4 Å². The van der Waals surface area contributed by atoms with Gasteiger partial charge in [-0.15, -0.1) is 11.3 Å². The number of nitrogens with zero attached hydrogens (tertiary/aromatic N) is 2. The number of aryl methyl sites for hydroxylation is 3. The van der Waals surface area contributed by atoms with E-state index in [0.29, 0.717) is 5.13 Å². The van der Waals surface area contributed by atoms with Crippen LogP contribution < -0.4 is 10.1 Å². The van der Waals surface area contributed by atoms with Gasteiger partial charge in [0.2, 0.25) is 0 Å². The number of anilines is 1. The summed E-state index contributed by atoms with van der Waals surface area (Å²) in [6.45, 7) is 1.99. The molecule has 3 aromatic rings. The highest BCUT2D eigenvalue weighted by Gasteiger charge is 2.23. The average molecular weight is 395 g/mol. The number of aromatic nitrogens is 1.